The van der Waals surface area contributed by atoms with Crippen molar-refractivity contribution < 1.29 is 15.0 Å². The van der Waals surface area contributed by atoms with Crippen LogP contribution in [0, 0.1) is 0 Å². The van der Waals surface area contributed by atoms with Crippen LogP contribution in [0.4, 0.5) is 0 Å². The zero-order chi connectivity index (χ0) is 11.3. The van der Waals surface area contributed by atoms with Gasteiger partial charge in [0, 0.05) is 12.6 Å². The van der Waals surface area contributed by atoms with Crippen LogP contribution in [0.25, 0.3) is 0 Å². The monoisotopic (exact) mass is 245 g/mol. The van der Waals surface area contributed by atoms with Crippen LogP contribution in [0.1, 0.15) is 34.8 Å². The van der Waals surface area contributed by atoms with Crippen molar-refractivity contribution in [3.8, 4) is 0 Å². The van der Waals surface area contributed by atoms with Gasteiger partial charge in [-0.3, -0.25) is 0 Å². The van der Waals surface area contributed by atoms with Crippen LogP contribution in [0.3, 0.4) is 0 Å². The molecule has 0 aliphatic heterocycles. The molecule has 1 atom stereocenters. The molecule has 0 fully saturated rings. The van der Waals surface area contributed by atoms with E-state index in [-0.39, 0.29) is 30.6 Å². The molecule has 0 aliphatic carbocycles. The first-order valence-corrected chi connectivity index (χ1v) is 4.85. The van der Waals surface area contributed by atoms with Crippen LogP contribution in [0.2, 0.25) is 0 Å². The van der Waals surface area contributed by atoms with Gasteiger partial charge < -0.3 is 15.9 Å². The van der Waals surface area contributed by atoms with Gasteiger partial charge in [0.05, 0.1) is 5.56 Å². The Bertz CT molecular complexity index is 327. The van der Waals surface area contributed by atoms with Crippen LogP contribution in [-0.4, -0.2) is 22.8 Å². The van der Waals surface area contributed by atoms with E-state index in [1.807, 2.05) is 0 Å². The summed E-state index contributed by atoms with van der Waals surface area (Å²) >= 11 is 0. The molecule has 1 rings (SSSR count). The van der Waals surface area contributed by atoms with Gasteiger partial charge in [-0.25, -0.2) is 4.79 Å². The number of hydrogen-bond acceptors (Lipinski definition) is 3. The molecule has 0 unspecified atom stereocenters. The number of nitrogens with two attached hydrogens (primary N) is 1. The van der Waals surface area contributed by atoms with Crippen LogP contribution < -0.4 is 5.73 Å². The predicted octanol–water partition coefficient (Wildman–Crippen LogP) is 1.58. The van der Waals surface area contributed by atoms with Crippen molar-refractivity contribution in [1.82, 2.24) is 0 Å². The summed E-state index contributed by atoms with van der Waals surface area (Å²) in [5.41, 5.74) is 7.00. The lowest BCUT2D eigenvalue weighted by molar-refractivity contribution is 0.0697. The number of carboxylic acids is 1. The lowest BCUT2D eigenvalue weighted by Crippen LogP contribution is -2.11. The molecule has 90 valence electrons. The fourth-order valence-corrected chi connectivity index (χ4v) is 1.35. The van der Waals surface area contributed by atoms with Crippen molar-refractivity contribution in [2.24, 2.45) is 5.73 Å². The van der Waals surface area contributed by atoms with Gasteiger partial charge in [-0.2, -0.15) is 0 Å². The summed E-state index contributed by atoms with van der Waals surface area (Å²) in [5.74, 6) is -0.939. The maximum Gasteiger partial charge on any atom is 0.335 e. The Morgan fingerprint density at radius 3 is 2.31 bits per heavy atom. The minimum absolute atomic E-state index is 0. The van der Waals surface area contributed by atoms with Gasteiger partial charge in [0.2, 0.25) is 0 Å². The maximum atomic E-state index is 10.6. The van der Waals surface area contributed by atoms with E-state index < -0.39 is 5.97 Å². The van der Waals surface area contributed by atoms with Crippen molar-refractivity contribution in [1.29, 1.82) is 0 Å². The Morgan fingerprint density at radius 2 is 1.88 bits per heavy atom. The van der Waals surface area contributed by atoms with Gasteiger partial charge in [0.1, 0.15) is 0 Å². The summed E-state index contributed by atoms with van der Waals surface area (Å²) in [4.78, 5) is 10.6. The van der Waals surface area contributed by atoms with Gasteiger partial charge in [0.25, 0.3) is 0 Å². The van der Waals surface area contributed by atoms with Gasteiger partial charge in [-0.1, -0.05) is 12.1 Å². The van der Waals surface area contributed by atoms with Crippen molar-refractivity contribution in [3.63, 3.8) is 0 Å². The molecule has 0 aliphatic rings. The summed E-state index contributed by atoms with van der Waals surface area (Å²) < 4.78 is 0. The molecular weight excluding hydrogens is 230 g/mol. The Balaban J connectivity index is 0.00000225. The molecule has 1 aromatic carbocycles. The molecule has 16 heavy (non-hydrogen) atoms. The summed E-state index contributed by atoms with van der Waals surface area (Å²) in [7, 11) is 0. The average molecular weight is 246 g/mol. The topological polar surface area (TPSA) is 83.5 Å². The molecule has 4 nitrogen and oxygen atoms in total. The normalized spacial score (nSPS) is 11.6. The molecule has 5 heteroatoms. The largest absolute Gasteiger partial charge is 0.478 e. The van der Waals surface area contributed by atoms with Crippen molar-refractivity contribution in [3.05, 3.63) is 35.4 Å². The van der Waals surface area contributed by atoms with Crippen molar-refractivity contribution in [2.45, 2.75) is 18.9 Å². The highest BCUT2D eigenvalue weighted by Gasteiger charge is 2.07. The minimum Gasteiger partial charge on any atom is -0.478 e. The molecule has 0 saturated carbocycles. The number of aromatic carboxylic acids is 1. The zero-order valence-electron chi connectivity index (χ0n) is 8.80. The van der Waals surface area contributed by atoms with E-state index in [9.17, 15) is 4.79 Å². The van der Waals surface area contributed by atoms with Crippen LogP contribution in [0.15, 0.2) is 24.3 Å². The van der Waals surface area contributed by atoms with Crippen LogP contribution in [0.5, 0.6) is 0 Å². The molecule has 0 heterocycles. The highest BCUT2D eigenvalue weighted by molar-refractivity contribution is 5.87. The number of carboxylic acid groups (broad SMARTS) is 1. The number of rotatable bonds is 5. The molecule has 0 radical (unpaired) electrons. The van der Waals surface area contributed by atoms with Gasteiger partial charge >= 0.3 is 5.97 Å². The second-order valence-electron chi connectivity index (χ2n) is 3.40. The summed E-state index contributed by atoms with van der Waals surface area (Å²) in [6, 6.07) is 6.37. The quantitative estimate of drug-likeness (QED) is 0.735. The molecule has 4 N–H and O–H groups in total. The second-order valence-corrected chi connectivity index (χ2v) is 3.40. The van der Waals surface area contributed by atoms with E-state index in [0.29, 0.717) is 12.8 Å². The second kappa shape index (κ2) is 7.22. The molecule has 0 spiro atoms. The lowest BCUT2D eigenvalue weighted by atomic mass is 10.0. The third-order valence-corrected chi connectivity index (χ3v) is 2.26. The molecule has 0 aromatic heterocycles. The summed E-state index contributed by atoms with van der Waals surface area (Å²) in [6.45, 7) is 0.126. The van der Waals surface area contributed by atoms with Gasteiger partial charge in [-0.05, 0) is 30.5 Å². The minimum atomic E-state index is -0.939. The Morgan fingerprint density at radius 1 is 1.31 bits per heavy atom. The van der Waals surface area contributed by atoms with Crippen LogP contribution >= 0.6 is 12.4 Å². The number of benzene rings is 1. The first kappa shape index (κ1) is 14.9. The Hall–Kier alpha value is -1.10. The molecule has 1 aromatic rings. The molecular formula is C11H16ClNO3. The van der Waals surface area contributed by atoms with Crippen LogP contribution in [-0.2, 0) is 0 Å². The van der Waals surface area contributed by atoms with E-state index in [4.69, 9.17) is 15.9 Å². The summed E-state index contributed by atoms with van der Waals surface area (Å²) in [6.07, 6.45) is 1.35. The van der Waals surface area contributed by atoms with E-state index in [0.717, 1.165) is 5.56 Å². The molecule has 0 bridgehead atoms. The third kappa shape index (κ3) is 4.18. The van der Waals surface area contributed by atoms with E-state index >= 15 is 0 Å². The highest BCUT2D eigenvalue weighted by atomic mass is 35.5. The predicted molar refractivity (Wildman–Crippen MR) is 63.9 cm³/mol. The fourth-order valence-electron chi connectivity index (χ4n) is 1.35. The summed E-state index contributed by atoms with van der Waals surface area (Å²) in [5, 5.41) is 17.3. The number of hydrogen-bond donors (Lipinski definition) is 3. The number of halogens is 1. The van der Waals surface area contributed by atoms with E-state index in [1.165, 1.54) is 12.1 Å². The fraction of sp³-hybridized carbons (Fsp3) is 0.364. The van der Waals surface area contributed by atoms with Crippen molar-refractivity contribution >= 4 is 18.4 Å². The van der Waals surface area contributed by atoms with Gasteiger partial charge in [-0.15, -0.1) is 12.4 Å². The third-order valence-electron chi connectivity index (χ3n) is 2.26. The number of carbonyl (C=O) groups is 1. The lowest BCUT2D eigenvalue weighted by Gasteiger charge is -2.10. The Kier molecular flexibility index (Phi) is 6.72. The number of aliphatic hydroxyl groups is 1. The first-order chi connectivity index (χ1) is 7.15. The molecule has 0 amide bonds. The Labute approximate surface area is 100 Å². The first-order valence-electron chi connectivity index (χ1n) is 4.85. The maximum absolute atomic E-state index is 10.6. The van der Waals surface area contributed by atoms with E-state index in [2.05, 4.69) is 0 Å². The zero-order valence-corrected chi connectivity index (χ0v) is 9.61. The standard InChI is InChI=1S/C11H15NO3.ClH/c12-10(2-1-7-13)8-3-5-9(6-4-8)11(14)15;/h3-6,10,13H,1-2,7,12H2,(H,14,15);1H/t10-;/m0./s1. The SMILES string of the molecule is Cl.N[C@@H](CCCO)c1ccc(C(=O)O)cc1. The smallest absolute Gasteiger partial charge is 0.335 e. The highest BCUT2D eigenvalue weighted by Crippen LogP contribution is 2.16. The average Bonchev–Trinajstić information content (AvgIpc) is 2.26. The van der Waals surface area contributed by atoms with Gasteiger partial charge in [0.15, 0.2) is 0 Å². The number of aliphatic hydroxyl groups excluding tert-OH is 1. The van der Waals surface area contributed by atoms with E-state index in [1.54, 1.807) is 12.1 Å². The molecule has 0 saturated heterocycles. The van der Waals surface area contributed by atoms with Crippen molar-refractivity contribution in [2.75, 3.05) is 6.61 Å².